The monoisotopic (exact) mass is 297 g/mol. The van der Waals surface area contributed by atoms with Crippen LogP contribution in [0.25, 0.3) is 0 Å². The highest BCUT2D eigenvalue weighted by Crippen LogP contribution is 2.17. The Labute approximate surface area is 121 Å². The summed E-state index contributed by atoms with van der Waals surface area (Å²) < 4.78 is 26.2. The topological polar surface area (TPSA) is 75.4 Å². The van der Waals surface area contributed by atoms with Gasteiger partial charge in [0, 0.05) is 12.0 Å². The molecule has 5 nitrogen and oxygen atoms in total. The summed E-state index contributed by atoms with van der Waals surface area (Å²) in [5, 5.41) is 2.40. The molecule has 1 fully saturated rings. The first-order valence-corrected chi connectivity index (χ1v) is 6.72. The van der Waals surface area contributed by atoms with Crippen LogP contribution in [0.5, 0.6) is 0 Å². The van der Waals surface area contributed by atoms with Crippen molar-refractivity contribution in [3.05, 3.63) is 29.8 Å². The van der Waals surface area contributed by atoms with E-state index in [1.54, 1.807) is 0 Å². The number of halogens is 2. The van der Waals surface area contributed by atoms with Crippen molar-refractivity contribution in [1.29, 1.82) is 0 Å². The Kier molecular flexibility index (Phi) is 4.85. The lowest BCUT2D eigenvalue weighted by Crippen LogP contribution is -2.42. The van der Waals surface area contributed by atoms with Crippen LogP contribution in [0.2, 0.25) is 0 Å². The van der Waals surface area contributed by atoms with Crippen LogP contribution in [-0.2, 0) is 9.59 Å². The van der Waals surface area contributed by atoms with E-state index in [-0.39, 0.29) is 30.0 Å². The number of piperidine rings is 1. The van der Waals surface area contributed by atoms with E-state index in [0.717, 1.165) is 6.07 Å². The molecule has 0 atom stereocenters. The Morgan fingerprint density at radius 1 is 1.29 bits per heavy atom. The SMILES string of the molecule is NC(=O)C1CCN(CC(=O)Nc2ccc(F)cc2F)CC1. The van der Waals surface area contributed by atoms with E-state index in [9.17, 15) is 18.4 Å². The van der Waals surface area contributed by atoms with Crippen molar-refractivity contribution in [2.45, 2.75) is 12.8 Å². The van der Waals surface area contributed by atoms with E-state index in [1.807, 2.05) is 4.90 Å². The second-order valence-corrected chi connectivity index (χ2v) is 5.13. The lowest BCUT2D eigenvalue weighted by Gasteiger charge is -2.29. The van der Waals surface area contributed by atoms with Crippen molar-refractivity contribution in [1.82, 2.24) is 4.90 Å². The molecule has 0 saturated carbocycles. The zero-order valence-electron chi connectivity index (χ0n) is 11.4. The highest BCUT2D eigenvalue weighted by Gasteiger charge is 2.24. The van der Waals surface area contributed by atoms with Gasteiger partial charge in [-0.2, -0.15) is 0 Å². The van der Waals surface area contributed by atoms with Crippen molar-refractivity contribution in [3.8, 4) is 0 Å². The molecule has 21 heavy (non-hydrogen) atoms. The van der Waals surface area contributed by atoms with Crippen LogP contribution < -0.4 is 11.1 Å². The van der Waals surface area contributed by atoms with E-state index in [0.29, 0.717) is 32.0 Å². The number of anilines is 1. The summed E-state index contributed by atoms with van der Waals surface area (Å²) in [5.74, 6) is -2.33. The van der Waals surface area contributed by atoms with Crippen molar-refractivity contribution in [2.24, 2.45) is 11.7 Å². The lowest BCUT2D eigenvalue weighted by molar-refractivity contribution is -0.123. The van der Waals surface area contributed by atoms with Crippen LogP contribution in [-0.4, -0.2) is 36.3 Å². The Morgan fingerprint density at radius 3 is 2.52 bits per heavy atom. The van der Waals surface area contributed by atoms with Crippen LogP contribution in [0.15, 0.2) is 18.2 Å². The molecule has 3 N–H and O–H groups in total. The quantitative estimate of drug-likeness (QED) is 0.874. The standard InChI is InChI=1S/C14H17F2N3O2/c15-10-1-2-12(11(16)7-10)18-13(20)8-19-5-3-9(4-6-19)14(17)21/h1-2,7,9H,3-6,8H2,(H2,17,21)(H,18,20). The summed E-state index contributed by atoms with van der Waals surface area (Å²) in [4.78, 5) is 24.7. The minimum absolute atomic E-state index is 0.0478. The number of rotatable bonds is 4. The number of hydrogen-bond acceptors (Lipinski definition) is 3. The van der Waals surface area contributed by atoms with Gasteiger partial charge in [0.2, 0.25) is 11.8 Å². The molecule has 1 aromatic carbocycles. The summed E-state index contributed by atoms with van der Waals surface area (Å²) in [5.41, 5.74) is 5.19. The Bertz CT molecular complexity index is 543. The molecule has 1 aliphatic rings. The molecule has 0 bridgehead atoms. The fourth-order valence-corrected chi connectivity index (χ4v) is 2.36. The predicted octanol–water partition coefficient (Wildman–Crippen LogP) is 1.10. The third-order valence-corrected chi connectivity index (χ3v) is 3.56. The maximum Gasteiger partial charge on any atom is 0.238 e. The first-order valence-electron chi connectivity index (χ1n) is 6.72. The molecular formula is C14H17F2N3O2. The van der Waals surface area contributed by atoms with Gasteiger partial charge in [0.25, 0.3) is 0 Å². The van der Waals surface area contributed by atoms with Crippen molar-refractivity contribution < 1.29 is 18.4 Å². The van der Waals surface area contributed by atoms with Gasteiger partial charge < -0.3 is 11.1 Å². The smallest absolute Gasteiger partial charge is 0.238 e. The number of nitrogens with one attached hydrogen (secondary N) is 1. The fourth-order valence-electron chi connectivity index (χ4n) is 2.36. The fraction of sp³-hybridized carbons (Fsp3) is 0.429. The number of likely N-dealkylation sites (tertiary alicyclic amines) is 1. The second kappa shape index (κ2) is 6.62. The van der Waals surface area contributed by atoms with Gasteiger partial charge >= 0.3 is 0 Å². The molecule has 0 unspecified atom stereocenters. The normalized spacial score (nSPS) is 16.7. The molecule has 0 aromatic heterocycles. The van der Waals surface area contributed by atoms with Gasteiger partial charge in [-0.1, -0.05) is 0 Å². The van der Waals surface area contributed by atoms with Crippen LogP contribution in [0.1, 0.15) is 12.8 Å². The van der Waals surface area contributed by atoms with Gasteiger partial charge in [-0.05, 0) is 38.1 Å². The van der Waals surface area contributed by atoms with E-state index in [1.165, 1.54) is 6.07 Å². The number of carbonyl (C=O) groups is 2. The number of amides is 2. The highest BCUT2D eigenvalue weighted by atomic mass is 19.1. The number of hydrogen-bond donors (Lipinski definition) is 2. The number of nitrogens with zero attached hydrogens (tertiary/aromatic N) is 1. The van der Waals surface area contributed by atoms with Gasteiger partial charge in [0.05, 0.1) is 12.2 Å². The number of benzene rings is 1. The van der Waals surface area contributed by atoms with E-state index >= 15 is 0 Å². The number of carbonyl (C=O) groups excluding carboxylic acids is 2. The molecule has 1 heterocycles. The van der Waals surface area contributed by atoms with Gasteiger partial charge in [-0.3, -0.25) is 14.5 Å². The van der Waals surface area contributed by atoms with Gasteiger partial charge in [0.15, 0.2) is 0 Å². The van der Waals surface area contributed by atoms with Gasteiger partial charge in [-0.15, -0.1) is 0 Å². The molecule has 1 saturated heterocycles. The highest BCUT2D eigenvalue weighted by molar-refractivity contribution is 5.92. The van der Waals surface area contributed by atoms with Crippen LogP contribution in [0, 0.1) is 17.6 Å². The molecule has 2 amide bonds. The first-order chi connectivity index (χ1) is 9.95. The number of primary amides is 1. The molecule has 114 valence electrons. The van der Waals surface area contributed by atoms with E-state index in [2.05, 4.69) is 5.32 Å². The summed E-state index contributed by atoms with van der Waals surface area (Å²) in [7, 11) is 0. The molecular weight excluding hydrogens is 280 g/mol. The van der Waals surface area contributed by atoms with Crippen molar-refractivity contribution in [2.75, 3.05) is 25.0 Å². The summed E-state index contributed by atoms with van der Waals surface area (Å²) >= 11 is 0. The van der Waals surface area contributed by atoms with E-state index in [4.69, 9.17) is 5.73 Å². The molecule has 7 heteroatoms. The van der Waals surface area contributed by atoms with Gasteiger partial charge in [-0.25, -0.2) is 8.78 Å². The minimum atomic E-state index is -0.809. The maximum absolute atomic E-state index is 13.4. The summed E-state index contributed by atoms with van der Waals surface area (Å²) in [6, 6.07) is 2.98. The molecule has 2 rings (SSSR count). The number of nitrogens with two attached hydrogens (primary N) is 1. The summed E-state index contributed by atoms with van der Waals surface area (Å²) in [6.07, 6.45) is 1.24. The second-order valence-electron chi connectivity index (χ2n) is 5.13. The van der Waals surface area contributed by atoms with Gasteiger partial charge in [0.1, 0.15) is 11.6 Å². The molecule has 0 spiro atoms. The zero-order chi connectivity index (χ0) is 15.4. The average Bonchev–Trinajstić information content (AvgIpc) is 2.42. The van der Waals surface area contributed by atoms with Crippen LogP contribution in [0.3, 0.4) is 0 Å². The predicted molar refractivity (Wildman–Crippen MR) is 73.3 cm³/mol. The third-order valence-electron chi connectivity index (χ3n) is 3.56. The Hall–Kier alpha value is -2.02. The molecule has 1 aliphatic heterocycles. The van der Waals surface area contributed by atoms with E-state index < -0.39 is 11.6 Å². The molecule has 0 aliphatic carbocycles. The van der Waals surface area contributed by atoms with Crippen LogP contribution >= 0.6 is 0 Å². The maximum atomic E-state index is 13.4. The lowest BCUT2D eigenvalue weighted by atomic mass is 9.96. The van der Waals surface area contributed by atoms with Crippen LogP contribution in [0.4, 0.5) is 14.5 Å². The Morgan fingerprint density at radius 2 is 1.95 bits per heavy atom. The average molecular weight is 297 g/mol. The zero-order valence-corrected chi connectivity index (χ0v) is 11.4. The molecule has 0 radical (unpaired) electrons. The van der Waals surface area contributed by atoms with Crippen molar-refractivity contribution >= 4 is 17.5 Å². The summed E-state index contributed by atoms with van der Waals surface area (Å²) in [6.45, 7) is 1.28. The first kappa shape index (κ1) is 15.4. The minimum Gasteiger partial charge on any atom is -0.369 e. The van der Waals surface area contributed by atoms with Crippen molar-refractivity contribution in [3.63, 3.8) is 0 Å². The molecule has 1 aromatic rings. The third kappa shape index (κ3) is 4.22. The largest absolute Gasteiger partial charge is 0.369 e. The Balaban J connectivity index is 1.84.